The van der Waals surface area contributed by atoms with Gasteiger partial charge in [0, 0.05) is 6.07 Å². The van der Waals surface area contributed by atoms with Crippen molar-refractivity contribution in [3.8, 4) is 11.5 Å². The van der Waals surface area contributed by atoms with Gasteiger partial charge in [-0.2, -0.15) is 13.2 Å². The van der Waals surface area contributed by atoms with Crippen LogP contribution in [0.4, 0.5) is 22.0 Å². The second-order valence-corrected chi connectivity index (χ2v) is 2.74. The average molecular weight is 243 g/mol. The molecule has 0 saturated heterocycles. The molecule has 8 heteroatoms. The number of hydrogen-bond acceptors (Lipinski definition) is 3. The van der Waals surface area contributed by atoms with Gasteiger partial charge in [-0.3, -0.25) is 0 Å². The van der Waals surface area contributed by atoms with Crippen LogP contribution < -0.4 is 4.74 Å². The molecule has 0 aliphatic carbocycles. The summed E-state index contributed by atoms with van der Waals surface area (Å²) in [5.41, 5.74) is -2.92. The minimum atomic E-state index is -4.93. The van der Waals surface area contributed by atoms with E-state index in [0.29, 0.717) is 6.07 Å². The summed E-state index contributed by atoms with van der Waals surface area (Å²) in [5.74, 6) is -1.85. The van der Waals surface area contributed by atoms with Crippen molar-refractivity contribution in [3.63, 3.8) is 0 Å². The number of aromatic nitrogens is 1. The number of methoxy groups -OCH3 is 1. The molecule has 0 aliphatic rings. The second kappa shape index (κ2) is 4.11. The molecule has 0 aliphatic heterocycles. The molecular weight excluding hydrogens is 237 g/mol. The first kappa shape index (κ1) is 12.5. The van der Waals surface area contributed by atoms with E-state index >= 15 is 0 Å². The second-order valence-electron chi connectivity index (χ2n) is 2.74. The van der Waals surface area contributed by atoms with Crippen molar-refractivity contribution in [1.82, 2.24) is 4.98 Å². The summed E-state index contributed by atoms with van der Waals surface area (Å²) >= 11 is 0. The van der Waals surface area contributed by atoms with Crippen molar-refractivity contribution in [2.24, 2.45) is 0 Å². The maximum absolute atomic E-state index is 12.3. The minimum absolute atomic E-state index is 0.456. The van der Waals surface area contributed by atoms with Crippen molar-refractivity contribution >= 4 is 0 Å². The third kappa shape index (κ3) is 2.31. The first-order valence-corrected chi connectivity index (χ1v) is 3.90. The summed E-state index contributed by atoms with van der Waals surface area (Å²) in [4.78, 5) is 2.66. The quantitative estimate of drug-likeness (QED) is 0.812. The van der Waals surface area contributed by atoms with Gasteiger partial charge in [0.25, 0.3) is 6.43 Å². The van der Waals surface area contributed by atoms with Gasteiger partial charge in [0.15, 0.2) is 11.4 Å². The SMILES string of the molecule is COc1cc(O)c(C(F)F)nc1C(F)(F)F. The first-order chi connectivity index (χ1) is 7.27. The highest BCUT2D eigenvalue weighted by atomic mass is 19.4. The number of halogens is 5. The Morgan fingerprint density at radius 3 is 2.31 bits per heavy atom. The Bertz CT molecular complexity index is 391. The van der Waals surface area contributed by atoms with Crippen LogP contribution >= 0.6 is 0 Å². The molecule has 0 amide bonds. The number of rotatable bonds is 2. The Morgan fingerprint density at radius 1 is 1.38 bits per heavy atom. The van der Waals surface area contributed by atoms with Crippen LogP contribution in [0.3, 0.4) is 0 Å². The first-order valence-electron chi connectivity index (χ1n) is 3.90. The Kier molecular flexibility index (Phi) is 3.20. The van der Waals surface area contributed by atoms with Crippen LogP contribution in [0.5, 0.6) is 11.5 Å². The van der Waals surface area contributed by atoms with Crippen molar-refractivity contribution in [3.05, 3.63) is 17.5 Å². The number of pyridine rings is 1. The maximum Gasteiger partial charge on any atom is 0.437 e. The molecule has 1 aromatic heterocycles. The van der Waals surface area contributed by atoms with E-state index in [0.717, 1.165) is 7.11 Å². The Hall–Kier alpha value is -1.60. The monoisotopic (exact) mass is 243 g/mol. The van der Waals surface area contributed by atoms with Gasteiger partial charge in [-0.15, -0.1) is 0 Å². The highest BCUT2D eigenvalue weighted by Gasteiger charge is 2.38. The molecule has 0 unspecified atom stereocenters. The van der Waals surface area contributed by atoms with E-state index in [9.17, 15) is 22.0 Å². The van der Waals surface area contributed by atoms with Crippen LogP contribution in [0.25, 0.3) is 0 Å². The predicted molar refractivity (Wildman–Crippen MR) is 42.4 cm³/mol. The van der Waals surface area contributed by atoms with E-state index in [4.69, 9.17) is 5.11 Å². The molecule has 1 heterocycles. The number of hydrogen-bond donors (Lipinski definition) is 1. The maximum atomic E-state index is 12.3. The number of aromatic hydroxyl groups is 1. The standard InChI is InChI=1S/C8H6F5NO2/c1-16-4-2-3(15)5(7(9)10)14-6(4)8(11,12)13/h2,7,15H,1H3. The van der Waals surface area contributed by atoms with Crippen molar-refractivity contribution in [2.45, 2.75) is 12.6 Å². The van der Waals surface area contributed by atoms with Crippen molar-refractivity contribution in [2.75, 3.05) is 7.11 Å². The third-order valence-electron chi connectivity index (χ3n) is 1.69. The Labute approximate surface area is 86.5 Å². The van der Waals surface area contributed by atoms with Gasteiger partial charge in [0.05, 0.1) is 7.11 Å². The molecule has 0 aromatic carbocycles. The van der Waals surface area contributed by atoms with E-state index < -0.39 is 35.5 Å². The normalized spacial score (nSPS) is 11.9. The molecule has 0 atom stereocenters. The molecule has 0 saturated carbocycles. The zero-order valence-electron chi connectivity index (χ0n) is 7.85. The van der Waals surface area contributed by atoms with Crippen LogP contribution in [0.15, 0.2) is 6.07 Å². The van der Waals surface area contributed by atoms with Gasteiger partial charge in [0.2, 0.25) is 0 Å². The highest BCUT2D eigenvalue weighted by molar-refractivity contribution is 5.40. The molecule has 16 heavy (non-hydrogen) atoms. The van der Waals surface area contributed by atoms with Crippen molar-refractivity contribution < 1.29 is 31.8 Å². The molecule has 0 fully saturated rings. The fourth-order valence-corrected chi connectivity index (χ4v) is 1.02. The zero-order valence-corrected chi connectivity index (χ0v) is 7.85. The lowest BCUT2D eigenvalue weighted by molar-refractivity contribution is -0.142. The third-order valence-corrected chi connectivity index (χ3v) is 1.69. The predicted octanol–water partition coefficient (Wildman–Crippen LogP) is 2.75. The molecular formula is C8H6F5NO2. The lowest BCUT2D eigenvalue weighted by Crippen LogP contribution is -2.12. The number of alkyl halides is 5. The molecule has 3 nitrogen and oxygen atoms in total. The zero-order chi connectivity index (χ0) is 12.5. The molecule has 1 N–H and O–H groups in total. The van der Waals surface area contributed by atoms with Gasteiger partial charge >= 0.3 is 6.18 Å². The molecule has 0 spiro atoms. The summed E-state index contributed by atoms with van der Waals surface area (Å²) in [6.07, 6.45) is -8.23. The van der Waals surface area contributed by atoms with E-state index in [1.54, 1.807) is 0 Å². The van der Waals surface area contributed by atoms with Crippen molar-refractivity contribution in [1.29, 1.82) is 0 Å². The fraction of sp³-hybridized carbons (Fsp3) is 0.375. The van der Waals surface area contributed by atoms with E-state index in [2.05, 4.69) is 9.72 Å². The Balaban J connectivity index is 3.41. The average Bonchev–Trinajstić information content (AvgIpc) is 2.14. The molecule has 1 rings (SSSR count). The minimum Gasteiger partial charge on any atom is -0.506 e. The summed E-state index contributed by atoms with van der Waals surface area (Å²) < 4.78 is 65.7. The fourth-order valence-electron chi connectivity index (χ4n) is 1.02. The molecule has 0 radical (unpaired) electrons. The topological polar surface area (TPSA) is 42.4 Å². The largest absolute Gasteiger partial charge is 0.506 e. The van der Waals surface area contributed by atoms with Crippen LogP contribution in [0.2, 0.25) is 0 Å². The van der Waals surface area contributed by atoms with Gasteiger partial charge in [-0.1, -0.05) is 0 Å². The molecule has 1 aromatic rings. The van der Waals surface area contributed by atoms with Crippen LogP contribution in [-0.2, 0) is 6.18 Å². The number of ether oxygens (including phenoxy) is 1. The molecule has 90 valence electrons. The van der Waals surface area contributed by atoms with E-state index in [1.165, 1.54) is 0 Å². The van der Waals surface area contributed by atoms with Crippen LogP contribution in [-0.4, -0.2) is 17.2 Å². The smallest absolute Gasteiger partial charge is 0.437 e. The molecule has 0 bridgehead atoms. The lowest BCUT2D eigenvalue weighted by atomic mass is 10.2. The summed E-state index contributed by atoms with van der Waals surface area (Å²) in [6.45, 7) is 0. The Morgan fingerprint density at radius 2 is 1.94 bits per heavy atom. The van der Waals surface area contributed by atoms with Crippen LogP contribution in [0.1, 0.15) is 17.8 Å². The summed E-state index contributed by atoms with van der Waals surface area (Å²) in [6, 6.07) is 0.456. The van der Waals surface area contributed by atoms with Crippen LogP contribution in [0, 0.1) is 0 Å². The number of nitrogens with zero attached hydrogens (tertiary/aromatic N) is 1. The van der Waals surface area contributed by atoms with E-state index in [-0.39, 0.29) is 0 Å². The lowest BCUT2D eigenvalue weighted by Gasteiger charge is -2.13. The van der Waals surface area contributed by atoms with Gasteiger partial charge < -0.3 is 9.84 Å². The summed E-state index contributed by atoms with van der Waals surface area (Å²) in [7, 11) is 0.910. The highest BCUT2D eigenvalue weighted by Crippen LogP contribution is 2.39. The van der Waals surface area contributed by atoms with Gasteiger partial charge in [-0.25, -0.2) is 13.8 Å². The summed E-state index contributed by atoms with van der Waals surface area (Å²) in [5, 5.41) is 8.99. The van der Waals surface area contributed by atoms with E-state index in [1.807, 2.05) is 0 Å². The van der Waals surface area contributed by atoms with Gasteiger partial charge in [-0.05, 0) is 0 Å². The van der Waals surface area contributed by atoms with Gasteiger partial charge in [0.1, 0.15) is 11.4 Å².